The van der Waals surface area contributed by atoms with Crippen molar-refractivity contribution in [2.45, 2.75) is 36.9 Å². The smallest absolute Gasteiger partial charge is 0.385 e. The van der Waals surface area contributed by atoms with E-state index in [1.165, 1.54) is 12.0 Å². The van der Waals surface area contributed by atoms with E-state index >= 15 is 0 Å². The van der Waals surface area contributed by atoms with E-state index in [1.54, 1.807) is 16.2 Å². The first-order valence-electron chi connectivity index (χ1n) is 12.1. The number of sulfonamides is 1. The Morgan fingerprint density at radius 3 is 2.61 bits per heavy atom. The lowest BCUT2D eigenvalue weighted by molar-refractivity contribution is -0.137. The molecule has 0 aliphatic carbocycles. The Morgan fingerprint density at radius 1 is 1.13 bits per heavy atom. The number of halogens is 3. The summed E-state index contributed by atoms with van der Waals surface area (Å²) in [4.78, 5) is 16.1. The van der Waals surface area contributed by atoms with E-state index < -0.39 is 39.1 Å². The first-order chi connectivity index (χ1) is 18.0. The zero-order valence-corrected chi connectivity index (χ0v) is 22.7. The number of amides is 1. The molecule has 1 unspecified atom stereocenters. The Hall–Kier alpha value is -2.73. The normalized spacial score (nSPS) is 16.1. The number of rotatable bonds is 9. The highest BCUT2D eigenvalue weighted by Gasteiger charge is 2.37. The largest absolute Gasteiger partial charge is 0.416 e. The maximum atomic E-state index is 13.8. The Labute approximate surface area is 224 Å². The van der Waals surface area contributed by atoms with Crippen molar-refractivity contribution in [3.05, 3.63) is 87.1 Å². The molecule has 0 radical (unpaired) electrons. The minimum Gasteiger partial charge on any atom is -0.385 e. The van der Waals surface area contributed by atoms with Gasteiger partial charge < -0.3 is 9.64 Å². The number of hydrogen-bond acceptors (Lipinski definition) is 5. The Balaban J connectivity index is 1.68. The summed E-state index contributed by atoms with van der Waals surface area (Å²) in [6, 6.07) is 13.0. The highest BCUT2D eigenvalue weighted by atomic mass is 32.2. The molecule has 6 nitrogen and oxygen atoms in total. The van der Waals surface area contributed by atoms with Crippen molar-refractivity contribution in [2.75, 3.05) is 33.4 Å². The third-order valence-electron chi connectivity index (χ3n) is 6.64. The maximum Gasteiger partial charge on any atom is 0.416 e. The van der Waals surface area contributed by atoms with Crippen LogP contribution in [0.1, 0.15) is 39.6 Å². The molecule has 1 aromatic heterocycles. The molecular formula is C27H29F3N2O4S2. The van der Waals surface area contributed by atoms with Crippen molar-refractivity contribution in [3.8, 4) is 0 Å². The monoisotopic (exact) mass is 566 g/mol. The predicted molar refractivity (Wildman–Crippen MR) is 139 cm³/mol. The van der Waals surface area contributed by atoms with Crippen LogP contribution in [0.4, 0.5) is 13.2 Å². The molecular weight excluding hydrogens is 537 g/mol. The molecule has 1 aliphatic rings. The Kier molecular flexibility index (Phi) is 8.61. The van der Waals surface area contributed by atoms with Gasteiger partial charge in [-0.05, 0) is 66.1 Å². The van der Waals surface area contributed by atoms with E-state index in [4.69, 9.17) is 4.74 Å². The van der Waals surface area contributed by atoms with Crippen LogP contribution in [0.5, 0.6) is 0 Å². The van der Waals surface area contributed by atoms with Crippen LogP contribution in [-0.2, 0) is 32.2 Å². The average Bonchev–Trinajstić information content (AvgIpc) is 3.36. The number of thiophene rings is 1. The zero-order valence-electron chi connectivity index (χ0n) is 21.1. The number of carbonyl (C=O) groups excluding carboxylic acids is 1. The van der Waals surface area contributed by atoms with Crippen molar-refractivity contribution in [1.82, 2.24) is 9.21 Å². The van der Waals surface area contributed by atoms with Gasteiger partial charge in [-0.15, -0.1) is 11.3 Å². The summed E-state index contributed by atoms with van der Waals surface area (Å²) < 4.78 is 73.0. The van der Waals surface area contributed by atoms with Crippen LogP contribution in [0.2, 0.25) is 0 Å². The van der Waals surface area contributed by atoms with Gasteiger partial charge in [0.15, 0.2) is 0 Å². The first kappa shape index (κ1) is 28.3. The average molecular weight is 567 g/mol. The quantitative estimate of drug-likeness (QED) is 0.331. The van der Waals surface area contributed by atoms with Crippen LogP contribution in [0, 0.1) is 6.92 Å². The van der Waals surface area contributed by atoms with Crippen LogP contribution in [-0.4, -0.2) is 56.9 Å². The summed E-state index contributed by atoms with van der Waals surface area (Å²) in [5.74, 6) is -0.414. The Morgan fingerprint density at radius 2 is 1.89 bits per heavy atom. The standard InChI is InChI=1S/C27H29F3N2O4S2/c1-19-7-3-4-10-22(19)26-23-12-16-37-24(23)11-14-32(26)25(33)18-31(13-6-15-36-2)38(34,35)21-9-5-8-20(17-21)27(28,29)30/h3-5,7-10,12,16-17,26H,6,11,13-15,18H2,1-2H3. The van der Waals surface area contributed by atoms with Gasteiger partial charge in [0.05, 0.1) is 23.0 Å². The number of aryl methyl sites for hydroxylation is 1. The van der Waals surface area contributed by atoms with Gasteiger partial charge in [-0.25, -0.2) is 8.42 Å². The molecule has 0 bridgehead atoms. The lowest BCUT2D eigenvalue weighted by atomic mass is 9.90. The van der Waals surface area contributed by atoms with Gasteiger partial charge in [0.1, 0.15) is 0 Å². The van der Waals surface area contributed by atoms with Gasteiger partial charge in [0, 0.05) is 31.7 Å². The fraction of sp³-hybridized carbons (Fsp3) is 0.370. The molecule has 0 saturated heterocycles. The number of nitrogens with zero attached hydrogens (tertiary/aromatic N) is 2. The molecule has 0 saturated carbocycles. The molecule has 0 N–H and O–H groups in total. The highest BCUT2D eigenvalue weighted by molar-refractivity contribution is 7.89. The summed E-state index contributed by atoms with van der Waals surface area (Å²) in [5, 5.41) is 1.99. The fourth-order valence-corrected chi connectivity index (χ4v) is 7.09. The third kappa shape index (κ3) is 5.96. The minimum atomic E-state index is -4.70. The van der Waals surface area contributed by atoms with E-state index in [2.05, 4.69) is 0 Å². The third-order valence-corrected chi connectivity index (χ3v) is 9.47. The summed E-state index contributed by atoms with van der Waals surface area (Å²) in [5.41, 5.74) is 1.90. The number of carbonyl (C=O) groups is 1. The lowest BCUT2D eigenvalue weighted by Crippen LogP contribution is -2.47. The first-order valence-corrected chi connectivity index (χ1v) is 14.4. The second kappa shape index (κ2) is 11.6. The van der Waals surface area contributed by atoms with Gasteiger partial charge in [-0.2, -0.15) is 17.5 Å². The SMILES string of the molecule is COCCCN(CC(=O)N1CCc2sccc2C1c1ccccc1C)S(=O)(=O)c1cccc(C(F)(F)F)c1. The molecule has 0 spiro atoms. The van der Waals surface area contributed by atoms with Crippen molar-refractivity contribution in [2.24, 2.45) is 0 Å². The van der Waals surface area contributed by atoms with Crippen molar-refractivity contribution < 1.29 is 31.1 Å². The summed E-state index contributed by atoms with van der Waals surface area (Å²) in [6.45, 7) is 2.03. The van der Waals surface area contributed by atoms with Gasteiger partial charge in [-0.1, -0.05) is 30.3 Å². The second-order valence-electron chi connectivity index (χ2n) is 9.11. The van der Waals surface area contributed by atoms with Crippen LogP contribution in [0.3, 0.4) is 0 Å². The lowest BCUT2D eigenvalue weighted by Gasteiger charge is -2.38. The van der Waals surface area contributed by atoms with Crippen LogP contribution in [0.15, 0.2) is 64.9 Å². The van der Waals surface area contributed by atoms with Crippen LogP contribution in [0.25, 0.3) is 0 Å². The topological polar surface area (TPSA) is 66.9 Å². The van der Waals surface area contributed by atoms with Gasteiger partial charge in [0.25, 0.3) is 0 Å². The molecule has 38 heavy (non-hydrogen) atoms. The van der Waals surface area contributed by atoms with Crippen molar-refractivity contribution in [3.63, 3.8) is 0 Å². The number of fused-ring (bicyclic) bond motifs is 1. The molecule has 0 fully saturated rings. The van der Waals surface area contributed by atoms with Crippen molar-refractivity contribution in [1.29, 1.82) is 0 Å². The van der Waals surface area contributed by atoms with Gasteiger partial charge in [-0.3, -0.25) is 4.79 Å². The van der Waals surface area contributed by atoms with Crippen LogP contribution < -0.4 is 0 Å². The summed E-state index contributed by atoms with van der Waals surface area (Å²) >= 11 is 1.63. The predicted octanol–water partition coefficient (Wildman–Crippen LogP) is 5.28. The van der Waals surface area contributed by atoms with Gasteiger partial charge >= 0.3 is 6.18 Å². The molecule has 1 atom stereocenters. The molecule has 204 valence electrons. The maximum absolute atomic E-state index is 13.8. The van der Waals surface area contributed by atoms with Crippen LogP contribution >= 0.6 is 11.3 Å². The summed E-state index contributed by atoms with van der Waals surface area (Å²) in [7, 11) is -2.94. The van der Waals surface area contributed by atoms with E-state index in [-0.39, 0.29) is 25.6 Å². The zero-order chi connectivity index (χ0) is 27.5. The van der Waals surface area contributed by atoms with E-state index in [0.29, 0.717) is 19.0 Å². The van der Waals surface area contributed by atoms with E-state index in [0.717, 1.165) is 39.2 Å². The number of ether oxygens (including phenoxy) is 1. The number of hydrogen-bond donors (Lipinski definition) is 0. The van der Waals surface area contributed by atoms with E-state index in [9.17, 15) is 26.4 Å². The molecule has 1 aliphatic heterocycles. The minimum absolute atomic E-state index is 0.0786. The highest BCUT2D eigenvalue weighted by Crippen LogP contribution is 2.39. The number of benzene rings is 2. The number of methoxy groups -OCH3 is 1. The molecule has 3 aromatic rings. The molecule has 2 heterocycles. The molecule has 4 rings (SSSR count). The summed E-state index contributed by atoms with van der Waals surface area (Å²) in [6.07, 6.45) is -3.78. The van der Waals surface area contributed by atoms with Gasteiger partial charge in [0.2, 0.25) is 15.9 Å². The number of alkyl halides is 3. The Bertz CT molecular complexity index is 1390. The van der Waals surface area contributed by atoms with Crippen molar-refractivity contribution >= 4 is 27.3 Å². The molecule has 11 heteroatoms. The second-order valence-corrected chi connectivity index (χ2v) is 12.0. The van der Waals surface area contributed by atoms with E-state index in [1.807, 2.05) is 42.6 Å². The fourth-order valence-electron chi connectivity index (χ4n) is 4.71. The molecule has 1 amide bonds. The molecule has 2 aromatic carbocycles.